The first kappa shape index (κ1) is 16.5. The minimum Gasteiger partial charge on any atom is -0.488 e. The molecule has 3 heterocycles. The van der Waals surface area contributed by atoms with Gasteiger partial charge in [-0.15, -0.1) is 0 Å². The molecule has 1 aliphatic heterocycles. The molecule has 7 heteroatoms. The molecule has 1 aromatic carbocycles. The minimum absolute atomic E-state index is 0.265. The number of halogens is 1. The molecule has 5 rings (SSSR count). The van der Waals surface area contributed by atoms with Gasteiger partial charge in [-0.2, -0.15) is 0 Å². The zero-order chi connectivity index (χ0) is 18.4. The largest absolute Gasteiger partial charge is 0.488 e. The Bertz CT molecular complexity index is 945. The Morgan fingerprint density at radius 2 is 1.85 bits per heavy atom. The normalized spacial score (nSPS) is 27.7. The Labute approximate surface area is 156 Å². The molecule has 27 heavy (non-hydrogen) atoms. The number of aliphatic hydroxyl groups is 1. The maximum Gasteiger partial charge on any atom is 0.156 e. The van der Waals surface area contributed by atoms with Crippen molar-refractivity contribution < 1.29 is 14.2 Å². The first-order valence-electron chi connectivity index (χ1n) is 9.29. The van der Waals surface area contributed by atoms with Gasteiger partial charge in [0, 0.05) is 25.5 Å². The van der Waals surface area contributed by atoms with E-state index in [1.54, 1.807) is 24.5 Å². The average molecular weight is 368 g/mol. The number of ether oxygens (including phenoxy) is 1. The van der Waals surface area contributed by atoms with E-state index in [-0.39, 0.29) is 11.9 Å². The highest BCUT2D eigenvalue weighted by atomic mass is 19.1. The molecule has 1 saturated carbocycles. The number of aliphatic hydroxyl groups excluding tert-OH is 1. The van der Waals surface area contributed by atoms with Crippen molar-refractivity contribution in [2.24, 2.45) is 11.8 Å². The Kier molecular flexibility index (Phi) is 3.97. The summed E-state index contributed by atoms with van der Waals surface area (Å²) < 4.78 is 21.1. The summed E-state index contributed by atoms with van der Waals surface area (Å²) >= 11 is 0. The van der Waals surface area contributed by atoms with Crippen molar-refractivity contribution in [3.63, 3.8) is 0 Å². The molecule has 2 aliphatic rings. The van der Waals surface area contributed by atoms with Gasteiger partial charge in [0.25, 0.3) is 0 Å². The van der Waals surface area contributed by atoms with Crippen molar-refractivity contribution in [2.45, 2.75) is 25.0 Å². The number of anilines is 1. The number of benzene rings is 1. The van der Waals surface area contributed by atoms with Crippen LogP contribution >= 0.6 is 0 Å². The van der Waals surface area contributed by atoms with E-state index in [4.69, 9.17) is 4.74 Å². The smallest absolute Gasteiger partial charge is 0.156 e. The first-order chi connectivity index (χ1) is 13.2. The van der Waals surface area contributed by atoms with Gasteiger partial charge in [-0.3, -0.25) is 9.38 Å². The molecular weight excluding hydrogens is 347 g/mol. The highest BCUT2D eigenvalue weighted by Crippen LogP contribution is 2.39. The molecule has 0 unspecified atom stereocenters. The molecule has 140 valence electrons. The van der Waals surface area contributed by atoms with Crippen LogP contribution < -0.4 is 9.64 Å². The fourth-order valence-electron chi connectivity index (χ4n) is 4.46. The molecule has 2 fully saturated rings. The van der Waals surface area contributed by atoms with Crippen molar-refractivity contribution in [1.29, 1.82) is 0 Å². The van der Waals surface area contributed by atoms with Crippen molar-refractivity contribution in [3.05, 3.63) is 54.9 Å². The van der Waals surface area contributed by atoms with Crippen LogP contribution in [0.2, 0.25) is 0 Å². The van der Waals surface area contributed by atoms with Crippen LogP contribution in [0.5, 0.6) is 5.75 Å². The van der Waals surface area contributed by atoms with Gasteiger partial charge in [0.2, 0.25) is 0 Å². The molecule has 0 bridgehead atoms. The summed E-state index contributed by atoms with van der Waals surface area (Å²) in [6.07, 6.45) is 8.06. The van der Waals surface area contributed by atoms with Gasteiger partial charge in [-0.25, -0.2) is 9.37 Å². The lowest BCUT2D eigenvalue weighted by Gasteiger charge is -2.35. The van der Waals surface area contributed by atoms with Gasteiger partial charge in [-0.05, 0) is 48.9 Å². The van der Waals surface area contributed by atoms with Crippen LogP contribution in [0.25, 0.3) is 5.65 Å². The van der Waals surface area contributed by atoms with Gasteiger partial charge in [0.05, 0.1) is 18.5 Å². The topological polar surface area (TPSA) is 62.9 Å². The number of rotatable bonds is 3. The molecular formula is C20H21FN4O2. The van der Waals surface area contributed by atoms with Crippen LogP contribution in [0.4, 0.5) is 10.2 Å². The monoisotopic (exact) mass is 368 g/mol. The maximum absolute atomic E-state index is 13.1. The van der Waals surface area contributed by atoms with Gasteiger partial charge in [0.1, 0.15) is 23.5 Å². The predicted octanol–water partition coefficient (Wildman–Crippen LogP) is 2.52. The van der Waals surface area contributed by atoms with Crippen molar-refractivity contribution in [2.75, 3.05) is 18.0 Å². The Balaban J connectivity index is 1.32. The summed E-state index contributed by atoms with van der Waals surface area (Å²) in [5.74, 6) is 2.20. The third-order valence-electron chi connectivity index (χ3n) is 5.81. The summed E-state index contributed by atoms with van der Waals surface area (Å²) in [4.78, 5) is 10.9. The van der Waals surface area contributed by atoms with E-state index in [9.17, 15) is 9.50 Å². The molecule has 1 saturated heterocycles. The quantitative estimate of drug-likeness (QED) is 0.770. The first-order valence-corrected chi connectivity index (χ1v) is 9.29. The van der Waals surface area contributed by atoms with Crippen LogP contribution in [0.1, 0.15) is 12.8 Å². The van der Waals surface area contributed by atoms with Crippen molar-refractivity contribution in [3.8, 4) is 5.75 Å². The molecule has 1 N–H and O–H groups in total. The maximum atomic E-state index is 13.1. The van der Waals surface area contributed by atoms with Crippen molar-refractivity contribution in [1.82, 2.24) is 14.4 Å². The highest BCUT2D eigenvalue weighted by molar-refractivity contribution is 5.49. The number of hydrogen-bond acceptors (Lipinski definition) is 5. The fraction of sp³-hybridized carbons (Fsp3) is 0.400. The summed E-state index contributed by atoms with van der Waals surface area (Å²) in [6.45, 7) is 1.80. The highest BCUT2D eigenvalue weighted by Gasteiger charge is 2.43. The molecule has 0 amide bonds. The second kappa shape index (κ2) is 6.49. The molecule has 3 aromatic rings. The summed E-state index contributed by atoms with van der Waals surface area (Å²) in [5, 5.41) is 10.6. The van der Waals surface area contributed by atoms with Crippen LogP contribution in [-0.2, 0) is 0 Å². The van der Waals surface area contributed by atoms with Gasteiger partial charge >= 0.3 is 0 Å². The molecule has 2 aromatic heterocycles. The summed E-state index contributed by atoms with van der Waals surface area (Å²) in [5.41, 5.74) is 0.833. The van der Waals surface area contributed by atoms with E-state index in [1.165, 1.54) is 12.1 Å². The molecule has 4 atom stereocenters. The summed E-state index contributed by atoms with van der Waals surface area (Å²) in [6, 6.07) is 5.98. The standard InChI is InChI=1S/C20H21FN4O2/c21-15-1-3-16(4-2-15)27-18-8-14-12-24(11-13(14)7-17(18)26)20-10-22-9-19-23-5-6-25(19)20/h1-6,9-10,13-14,17-18,26H,7-8,11-12H2/t13-,14+,17+,18+/m0/s1. The number of imidazole rings is 1. The lowest BCUT2D eigenvalue weighted by Crippen LogP contribution is -2.42. The van der Waals surface area contributed by atoms with Crippen molar-refractivity contribution >= 4 is 11.5 Å². The van der Waals surface area contributed by atoms with E-state index < -0.39 is 6.10 Å². The second-order valence-corrected chi connectivity index (χ2v) is 7.50. The van der Waals surface area contributed by atoms with E-state index in [0.717, 1.165) is 31.0 Å². The summed E-state index contributed by atoms with van der Waals surface area (Å²) in [7, 11) is 0. The van der Waals surface area contributed by atoms with E-state index in [0.29, 0.717) is 24.0 Å². The number of hydrogen-bond donors (Lipinski definition) is 1. The average Bonchev–Trinajstić information content (AvgIpc) is 3.30. The number of fused-ring (bicyclic) bond motifs is 2. The Morgan fingerprint density at radius 1 is 1.07 bits per heavy atom. The Hall–Kier alpha value is -2.67. The van der Waals surface area contributed by atoms with E-state index in [2.05, 4.69) is 14.9 Å². The van der Waals surface area contributed by atoms with Crippen LogP contribution in [-0.4, -0.2) is 44.8 Å². The fourth-order valence-corrected chi connectivity index (χ4v) is 4.46. The van der Waals surface area contributed by atoms with Crippen LogP contribution in [0, 0.1) is 17.7 Å². The lowest BCUT2D eigenvalue weighted by molar-refractivity contribution is -0.0231. The van der Waals surface area contributed by atoms with Gasteiger partial charge in [0.15, 0.2) is 5.65 Å². The third-order valence-corrected chi connectivity index (χ3v) is 5.81. The molecule has 1 aliphatic carbocycles. The van der Waals surface area contributed by atoms with E-state index >= 15 is 0 Å². The van der Waals surface area contributed by atoms with E-state index in [1.807, 2.05) is 16.8 Å². The van der Waals surface area contributed by atoms with Crippen LogP contribution in [0.3, 0.4) is 0 Å². The Morgan fingerprint density at radius 3 is 2.67 bits per heavy atom. The molecule has 6 nitrogen and oxygen atoms in total. The zero-order valence-corrected chi connectivity index (χ0v) is 14.8. The molecule has 0 radical (unpaired) electrons. The van der Waals surface area contributed by atoms with Crippen LogP contribution in [0.15, 0.2) is 49.1 Å². The number of aromatic nitrogens is 3. The van der Waals surface area contributed by atoms with Gasteiger partial charge < -0.3 is 14.7 Å². The number of nitrogens with zero attached hydrogens (tertiary/aromatic N) is 4. The van der Waals surface area contributed by atoms with Gasteiger partial charge in [-0.1, -0.05) is 0 Å². The predicted molar refractivity (Wildman–Crippen MR) is 98.2 cm³/mol. The SMILES string of the molecule is O[C@@H]1C[C@H]2CN(c3cncc4nccn34)C[C@H]2C[C@H]1Oc1ccc(F)cc1. The lowest BCUT2D eigenvalue weighted by atomic mass is 9.78. The zero-order valence-electron chi connectivity index (χ0n) is 14.8. The second-order valence-electron chi connectivity index (χ2n) is 7.50. The third kappa shape index (κ3) is 3.02. The minimum atomic E-state index is -0.515. The molecule has 0 spiro atoms.